The molecule has 1 rings (SSSR count). The van der Waals surface area contributed by atoms with E-state index in [-0.39, 0.29) is 19.4 Å². The van der Waals surface area contributed by atoms with E-state index in [4.69, 9.17) is 14.2 Å². The summed E-state index contributed by atoms with van der Waals surface area (Å²) in [6.45, 7) is 5.74. The monoisotopic (exact) mass is 1110 g/mol. The van der Waals surface area contributed by atoms with Gasteiger partial charge in [0, 0.05) is 6.42 Å². The predicted octanol–water partition coefficient (Wildman–Crippen LogP) is 16.0. The number of amides is 1. The number of unbranched alkanes of at least 4 members (excludes halogenated alkanes) is 31. The van der Waals surface area contributed by atoms with Crippen molar-refractivity contribution in [3.63, 3.8) is 0 Å². The van der Waals surface area contributed by atoms with Crippen molar-refractivity contribution in [3.05, 3.63) is 72.9 Å². The molecule has 0 aliphatic carbocycles. The Kier molecular flexibility index (Phi) is 52.2. The number of carbonyl (C=O) groups excluding carboxylic acids is 2. The minimum Gasteiger partial charge on any atom is -0.454 e. The van der Waals surface area contributed by atoms with Crippen molar-refractivity contribution in [2.75, 3.05) is 13.2 Å². The van der Waals surface area contributed by atoms with E-state index in [0.29, 0.717) is 12.8 Å². The lowest BCUT2D eigenvalue weighted by atomic mass is 9.99. The van der Waals surface area contributed by atoms with Crippen LogP contribution in [0.5, 0.6) is 0 Å². The van der Waals surface area contributed by atoms with Gasteiger partial charge in [-0.3, -0.25) is 9.59 Å². The maximum atomic E-state index is 13.4. The molecule has 6 N–H and O–H groups in total. The first-order chi connectivity index (χ1) is 38.7. The van der Waals surface area contributed by atoms with Gasteiger partial charge in [0.25, 0.3) is 0 Å². The molecule has 0 aromatic carbocycles. The molecule has 0 spiro atoms. The molecular formula is C68H121NO10. The Labute approximate surface area is 483 Å². The molecule has 0 aromatic rings. The predicted molar refractivity (Wildman–Crippen MR) is 329 cm³/mol. The van der Waals surface area contributed by atoms with Crippen LogP contribution in [0.25, 0.3) is 0 Å². The number of carbonyl (C=O) groups is 2. The number of hydrogen-bond donors (Lipinski definition) is 6. The number of rotatable bonds is 55. The number of allylic oxidation sites excluding steroid dienone is 11. The number of hydrogen-bond acceptors (Lipinski definition) is 10. The average molecular weight is 1110 g/mol. The molecule has 1 aliphatic rings. The van der Waals surface area contributed by atoms with Crippen molar-refractivity contribution in [1.29, 1.82) is 0 Å². The topological polar surface area (TPSA) is 175 Å². The van der Waals surface area contributed by atoms with Crippen LogP contribution in [0.4, 0.5) is 0 Å². The first kappa shape index (κ1) is 74.1. The van der Waals surface area contributed by atoms with Gasteiger partial charge in [-0.2, -0.15) is 0 Å². The second-order valence-corrected chi connectivity index (χ2v) is 22.5. The normalized spacial score (nSPS) is 19.3. The Morgan fingerprint density at radius 1 is 0.494 bits per heavy atom. The van der Waals surface area contributed by atoms with Gasteiger partial charge < -0.3 is 45.1 Å². The molecule has 0 radical (unpaired) electrons. The fourth-order valence-electron chi connectivity index (χ4n) is 9.86. The third kappa shape index (κ3) is 43.5. The molecule has 1 saturated heterocycles. The quantitative estimate of drug-likeness (QED) is 0.0195. The van der Waals surface area contributed by atoms with Gasteiger partial charge in [-0.05, 0) is 96.3 Å². The Balaban J connectivity index is 2.68. The Morgan fingerprint density at radius 2 is 0.873 bits per heavy atom. The summed E-state index contributed by atoms with van der Waals surface area (Å²) in [7, 11) is 0. The zero-order valence-electron chi connectivity index (χ0n) is 50.7. The smallest absolute Gasteiger partial charge is 0.306 e. The molecule has 1 fully saturated rings. The zero-order valence-corrected chi connectivity index (χ0v) is 50.7. The number of aliphatic hydroxyl groups is 5. The van der Waals surface area contributed by atoms with Crippen molar-refractivity contribution in [1.82, 2.24) is 5.32 Å². The molecule has 1 aliphatic heterocycles. The van der Waals surface area contributed by atoms with Gasteiger partial charge in [-0.1, -0.05) is 254 Å². The van der Waals surface area contributed by atoms with Gasteiger partial charge in [0.1, 0.15) is 24.4 Å². The summed E-state index contributed by atoms with van der Waals surface area (Å²) in [6.07, 6.45) is 60.7. The molecule has 1 amide bonds. The molecule has 8 unspecified atom stereocenters. The molecule has 0 aromatic heterocycles. The number of nitrogens with one attached hydrogen (secondary N) is 1. The highest BCUT2D eigenvalue weighted by Crippen LogP contribution is 2.26. The van der Waals surface area contributed by atoms with E-state index in [1.807, 2.05) is 6.08 Å². The van der Waals surface area contributed by atoms with Crippen LogP contribution in [0, 0.1) is 0 Å². The van der Waals surface area contributed by atoms with Crippen LogP contribution < -0.4 is 5.32 Å². The number of aliphatic hydroxyl groups excluding tert-OH is 5. The molecule has 0 saturated carbocycles. The maximum absolute atomic E-state index is 13.4. The third-order valence-electron chi connectivity index (χ3n) is 15.1. The fourth-order valence-corrected chi connectivity index (χ4v) is 9.86. The SMILES string of the molecule is CCCCC/C=C\C/C=C\C/C=C\CCCCCCCC(O)C(=O)NC(COC1OC(CO)C(O)C(O)C1OC(=O)CCCCCCCCCCC/C=C\C/C=C\CCCCC)C(O)/C=C/CCCCCCCCCCCCC. The second kappa shape index (κ2) is 55.6. The van der Waals surface area contributed by atoms with Crippen molar-refractivity contribution < 1.29 is 49.3 Å². The lowest BCUT2D eigenvalue weighted by Crippen LogP contribution is -2.61. The van der Waals surface area contributed by atoms with Crippen molar-refractivity contribution in [2.24, 2.45) is 0 Å². The summed E-state index contributed by atoms with van der Waals surface area (Å²) in [4.78, 5) is 26.6. The van der Waals surface area contributed by atoms with E-state index in [1.165, 1.54) is 135 Å². The fraction of sp³-hybridized carbons (Fsp3) is 0.794. The van der Waals surface area contributed by atoms with Crippen LogP contribution in [0.1, 0.15) is 284 Å². The van der Waals surface area contributed by atoms with E-state index >= 15 is 0 Å². The number of ether oxygens (including phenoxy) is 3. The molecule has 1 heterocycles. The molecule has 79 heavy (non-hydrogen) atoms. The van der Waals surface area contributed by atoms with Gasteiger partial charge in [0.05, 0.1) is 25.4 Å². The van der Waals surface area contributed by atoms with Crippen LogP contribution in [-0.2, 0) is 23.8 Å². The van der Waals surface area contributed by atoms with Gasteiger partial charge in [0.2, 0.25) is 5.91 Å². The van der Waals surface area contributed by atoms with Gasteiger partial charge in [0.15, 0.2) is 12.4 Å². The highest BCUT2D eigenvalue weighted by atomic mass is 16.7. The lowest BCUT2D eigenvalue weighted by molar-refractivity contribution is -0.305. The molecule has 11 heteroatoms. The Hall–Kier alpha value is -2.90. The average Bonchev–Trinajstić information content (AvgIpc) is 3.49. The molecule has 11 nitrogen and oxygen atoms in total. The summed E-state index contributed by atoms with van der Waals surface area (Å²) in [5.41, 5.74) is 0. The van der Waals surface area contributed by atoms with E-state index in [2.05, 4.69) is 86.8 Å². The minimum atomic E-state index is -1.62. The van der Waals surface area contributed by atoms with E-state index in [1.54, 1.807) is 6.08 Å². The lowest BCUT2D eigenvalue weighted by Gasteiger charge is -2.41. The van der Waals surface area contributed by atoms with Crippen molar-refractivity contribution in [3.8, 4) is 0 Å². The molecular weight excluding hydrogens is 991 g/mol. The summed E-state index contributed by atoms with van der Waals surface area (Å²) in [5.74, 6) is -1.21. The largest absolute Gasteiger partial charge is 0.454 e. The summed E-state index contributed by atoms with van der Waals surface area (Å²) in [5, 5.41) is 57.1. The summed E-state index contributed by atoms with van der Waals surface area (Å²) < 4.78 is 17.6. The van der Waals surface area contributed by atoms with Crippen LogP contribution in [-0.4, -0.2) is 99.6 Å². The molecule has 458 valence electrons. The second-order valence-electron chi connectivity index (χ2n) is 22.5. The number of esters is 1. The van der Waals surface area contributed by atoms with Gasteiger partial charge in [-0.25, -0.2) is 0 Å². The van der Waals surface area contributed by atoms with E-state index < -0.39 is 67.4 Å². The maximum Gasteiger partial charge on any atom is 0.306 e. The summed E-state index contributed by atoms with van der Waals surface area (Å²) >= 11 is 0. The van der Waals surface area contributed by atoms with Gasteiger partial charge >= 0.3 is 5.97 Å². The zero-order chi connectivity index (χ0) is 57.5. The highest BCUT2D eigenvalue weighted by molar-refractivity contribution is 5.80. The van der Waals surface area contributed by atoms with Crippen LogP contribution in [0.3, 0.4) is 0 Å². The summed E-state index contributed by atoms with van der Waals surface area (Å²) in [6, 6.07) is -1.03. The third-order valence-corrected chi connectivity index (χ3v) is 15.1. The van der Waals surface area contributed by atoms with E-state index in [9.17, 15) is 35.1 Å². The van der Waals surface area contributed by atoms with Gasteiger partial charge in [-0.15, -0.1) is 0 Å². The van der Waals surface area contributed by atoms with Crippen molar-refractivity contribution >= 4 is 11.9 Å². The van der Waals surface area contributed by atoms with Crippen LogP contribution >= 0.6 is 0 Å². The highest BCUT2D eigenvalue weighted by Gasteiger charge is 2.47. The Bertz CT molecular complexity index is 1560. The minimum absolute atomic E-state index is 0.115. The standard InChI is InChI=1S/C68H121NO10/c1-4-7-10-13-16-19-22-25-27-29-31-33-35-38-41-44-47-50-53-56-63(73)79-66-65(75)64(74)62(57-70)78-68(66)77-58-59(60(71)54-51-48-45-42-39-36-24-21-18-15-12-9-6-3)69-67(76)61(72)55-52-49-46-43-40-37-34-32-30-28-26-23-20-17-14-11-8-5-2/h16-17,19-20,25-28,32,34,51,54,59-62,64-66,68,70-72,74-75H,4-15,18,21-24,29-31,33,35-50,52-53,55-58H2,1-3H3,(H,69,76)/b19-16-,20-17-,27-25-,28-26-,34-32-,54-51+. The van der Waals surface area contributed by atoms with E-state index in [0.717, 1.165) is 103 Å². The first-order valence-corrected chi connectivity index (χ1v) is 32.7. The Morgan fingerprint density at radius 3 is 1.33 bits per heavy atom. The van der Waals surface area contributed by atoms with Crippen molar-refractivity contribution in [2.45, 2.75) is 333 Å². The molecule has 8 atom stereocenters. The molecule has 0 bridgehead atoms. The van der Waals surface area contributed by atoms with Crippen LogP contribution in [0.15, 0.2) is 72.9 Å². The first-order valence-electron chi connectivity index (χ1n) is 32.7. The van der Waals surface area contributed by atoms with Crippen LogP contribution in [0.2, 0.25) is 0 Å².